The molecule has 2 aromatic rings. The Morgan fingerprint density at radius 1 is 1.18 bits per heavy atom. The lowest BCUT2D eigenvalue weighted by Gasteiger charge is -2.25. The van der Waals surface area contributed by atoms with Crippen LogP contribution in [-0.4, -0.2) is 12.5 Å². The van der Waals surface area contributed by atoms with E-state index in [2.05, 4.69) is 47.2 Å². The van der Waals surface area contributed by atoms with Gasteiger partial charge in [-0.2, -0.15) is 0 Å². The average molecular weight is 381 g/mol. The number of carbonyl (C=O) groups is 1. The molecule has 0 saturated heterocycles. The number of amides is 1. The van der Waals surface area contributed by atoms with Crippen molar-refractivity contribution in [2.75, 3.05) is 6.54 Å². The highest BCUT2D eigenvalue weighted by Crippen LogP contribution is 2.22. The van der Waals surface area contributed by atoms with E-state index in [1.807, 2.05) is 12.1 Å². The summed E-state index contributed by atoms with van der Waals surface area (Å²) in [6.45, 7) is 4.90. The van der Waals surface area contributed by atoms with E-state index in [0.717, 1.165) is 10.9 Å². The van der Waals surface area contributed by atoms with Gasteiger partial charge in [0.05, 0.1) is 0 Å². The van der Waals surface area contributed by atoms with Gasteiger partial charge in [-0.1, -0.05) is 59.6 Å². The lowest BCUT2D eigenvalue weighted by atomic mass is 9.85. The summed E-state index contributed by atoms with van der Waals surface area (Å²) in [5, 5.41) is 3.56. The van der Waals surface area contributed by atoms with Crippen molar-refractivity contribution in [3.63, 3.8) is 0 Å². The normalized spacial score (nSPS) is 11.3. The minimum absolute atomic E-state index is 0.0257. The van der Waals surface area contributed by atoms with Gasteiger partial charge in [-0.25, -0.2) is 0 Å². The van der Waals surface area contributed by atoms with Gasteiger partial charge in [0.15, 0.2) is 0 Å². The molecule has 0 radical (unpaired) electrons. The van der Waals surface area contributed by atoms with Gasteiger partial charge in [0.1, 0.15) is 0 Å². The fourth-order valence-electron chi connectivity index (χ4n) is 2.27. The average Bonchev–Trinajstić information content (AvgIpc) is 2.47. The summed E-state index contributed by atoms with van der Waals surface area (Å²) in [5.41, 5.74) is 1.82. The zero-order chi connectivity index (χ0) is 16.2. The van der Waals surface area contributed by atoms with E-state index in [1.165, 1.54) is 5.56 Å². The summed E-state index contributed by atoms with van der Waals surface area (Å²) >= 11 is 9.35. The van der Waals surface area contributed by atoms with E-state index in [9.17, 15) is 4.79 Å². The van der Waals surface area contributed by atoms with Crippen LogP contribution in [0.25, 0.3) is 0 Å². The fraction of sp³-hybridized carbons (Fsp3) is 0.278. The molecule has 0 fully saturated rings. The number of halogens is 2. The molecule has 0 heterocycles. The van der Waals surface area contributed by atoms with E-state index in [-0.39, 0.29) is 11.3 Å². The standard InChI is InChI=1S/C18H19BrClNO/c1-18(2,11-13-6-8-15(19)9-7-13)12-21-17(22)14-4-3-5-16(20)10-14/h3-10H,11-12H2,1-2H3,(H,21,22). The SMILES string of the molecule is CC(C)(CNC(=O)c1cccc(Cl)c1)Cc1ccc(Br)cc1. The zero-order valence-electron chi connectivity index (χ0n) is 12.7. The Hall–Kier alpha value is -1.32. The molecule has 4 heteroatoms. The van der Waals surface area contributed by atoms with Crippen LogP contribution in [-0.2, 0) is 6.42 Å². The van der Waals surface area contributed by atoms with Crippen molar-refractivity contribution in [3.05, 3.63) is 69.2 Å². The van der Waals surface area contributed by atoms with Crippen molar-refractivity contribution in [3.8, 4) is 0 Å². The first kappa shape index (κ1) is 17.0. The molecular weight excluding hydrogens is 362 g/mol. The molecule has 0 unspecified atom stereocenters. The molecule has 0 bridgehead atoms. The van der Waals surface area contributed by atoms with E-state index in [4.69, 9.17) is 11.6 Å². The Bertz CT molecular complexity index is 652. The third kappa shape index (κ3) is 5.15. The molecule has 0 spiro atoms. The zero-order valence-corrected chi connectivity index (χ0v) is 15.0. The maximum Gasteiger partial charge on any atom is 0.251 e. The number of benzene rings is 2. The lowest BCUT2D eigenvalue weighted by molar-refractivity contribution is 0.0936. The van der Waals surface area contributed by atoms with Crippen LogP contribution in [0, 0.1) is 5.41 Å². The van der Waals surface area contributed by atoms with Crippen LogP contribution >= 0.6 is 27.5 Å². The predicted octanol–water partition coefficient (Wildman–Crippen LogP) is 5.10. The Morgan fingerprint density at radius 2 is 1.86 bits per heavy atom. The molecule has 2 aromatic carbocycles. The van der Waals surface area contributed by atoms with E-state index < -0.39 is 0 Å². The molecule has 0 aliphatic heterocycles. The van der Waals surface area contributed by atoms with Crippen molar-refractivity contribution in [2.24, 2.45) is 5.41 Å². The molecular formula is C18H19BrClNO. The first-order valence-electron chi connectivity index (χ1n) is 7.14. The van der Waals surface area contributed by atoms with Gasteiger partial charge in [0, 0.05) is 21.6 Å². The Balaban J connectivity index is 1.94. The topological polar surface area (TPSA) is 29.1 Å². The summed E-state index contributed by atoms with van der Waals surface area (Å²) in [5.74, 6) is -0.0913. The molecule has 1 amide bonds. The van der Waals surface area contributed by atoms with E-state index >= 15 is 0 Å². The second kappa shape index (κ2) is 7.30. The summed E-state index contributed by atoms with van der Waals surface area (Å²) < 4.78 is 1.07. The Labute approximate surface area is 145 Å². The second-order valence-corrected chi connectivity index (χ2v) is 7.51. The summed E-state index contributed by atoms with van der Waals surface area (Å²) in [4.78, 5) is 12.2. The first-order valence-corrected chi connectivity index (χ1v) is 8.31. The van der Waals surface area contributed by atoms with Gasteiger partial charge in [-0.05, 0) is 47.7 Å². The molecule has 0 aliphatic carbocycles. The molecule has 0 atom stereocenters. The monoisotopic (exact) mass is 379 g/mol. The third-order valence-corrected chi connectivity index (χ3v) is 4.17. The number of rotatable bonds is 5. The summed E-state index contributed by atoms with van der Waals surface area (Å²) in [6.07, 6.45) is 0.899. The maximum atomic E-state index is 12.2. The third-order valence-electron chi connectivity index (χ3n) is 3.41. The first-order chi connectivity index (χ1) is 10.4. The molecule has 22 heavy (non-hydrogen) atoms. The number of carbonyl (C=O) groups excluding carboxylic acids is 1. The Kier molecular flexibility index (Phi) is 5.65. The molecule has 0 aromatic heterocycles. The predicted molar refractivity (Wildman–Crippen MR) is 95.4 cm³/mol. The van der Waals surface area contributed by atoms with Crippen molar-refractivity contribution >= 4 is 33.4 Å². The fourth-order valence-corrected chi connectivity index (χ4v) is 2.72. The summed E-state index contributed by atoms with van der Waals surface area (Å²) in [7, 11) is 0. The van der Waals surface area contributed by atoms with Crippen LogP contribution in [0.15, 0.2) is 53.0 Å². The quantitative estimate of drug-likeness (QED) is 0.768. The van der Waals surface area contributed by atoms with Gasteiger partial charge in [0.25, 0.3) is 5.91 Å². The number of hydrogen-bond acceptors (Lipinski definition) is 1. The van der Waals surface area contributed by atoms with Gasteiger partial charge >= 0.3 is 0 Å². The molecule has 116 valence electrons. The maximum absolute atomic E-state index is 12.2. The van der Waals surface area contributed by atoms with Gasteiger partial charge in [0.2, 0.25) is 0 Å². The highest BCUT2D eigenvalue weighted by molar-refractivity contribution is 9.10. The van der Waals surface area contributed by atoms with Crippen molar-refractivity contribution < 1.29 is 4.79 Å². The largest absolute Gasteiger partial charge is 0.351 e. The Morgan fingerprint density at radius 3 is 2.50 bits per heavy atom. The number of hydrogen-bond donors (Lipinski definition) is 1. The minimum Gasteiger partial charge on any atom is -0.351 e. The second-order valence-electron chi connectivity index (χ2n) is 6.16. The van der Waals surface area contributed by atoms with Crippen molar-refractivity contribution in [1.82, 2.24) is 5.32 Å². The molecule has 0 saturated carbocycles. The highest BCUT2D eigenvalue weighted by Gasteiger charge is 2.20. The van der Waals surface area contributed by atoms with Crippen LogP contribution in [0.3, 0.4) is 0 Å². The van der Waals surface area contributed by atoms with Crippen LogP contribution in [0.5, 0.6) is 0 Å². The van der Waals surface area contributed by atoms with E-state index in [1.54, 1.807) is 24.3 Å². The molecule has 2 rings (SSSR count). The van der Waals surface area contributed by atoms with Crippen LogP contribution in [0.4, 0.5) is 0 Å². The van der Waals surface area contributed by atoms with Gasteiger partial charge in [-0.15, -0.1) is 0 Å². The van der Waals surface area contributed by atoms with Gasteiger partial charge < -0.3 is 5.32 Å². The molecule has 2 nitrogen and oxygen atoms in total. The van der Waals surface area contributed by atoms with E-state index in [0.29, 0.717) is 17.1 Å². The van der Waals surface area contributed by atoms with Crippen molar-refractivity contribution in [1.29, 1.82) is 0 Å². The van der Waals surface area contributed by atoms with Gasteiger partial charge in [-0.3, -0.25) is 4.79 Å². The summed E-state index contributed by atoms with van der Waals surface area (Å²) in [6, 6.07) is 15.3. The van der Waals surface area contributed by atoms with Crippen LogP contribution in [0.1, 0.15) is 29.8 Å². The molecule has 0 aliphatic rings. The van der Waals surface area contributed by atoms with Crippen LogP contribution in [0.2, 0.25) is 5.02 Å². The van der Waals surface area contributed by atoms with Crippen LogP contribution < -0.4 is 5.32 Å². The number of nitrogens with one attached hydrogen (secondary N) is 1. The molecule has 1 N–H and O–H groups in total. The van der Waals surface area contributed by atoms with Crippen molar-refractivity contribution in [2.45, 2.75) is 20.3 Å². The lowest BCUT2D eigenvalue weighted by Crippen LogP contribution is -2.35. The smallest absolute Gasteiger partial charge is 0.251 e. The minimum atomic E-state index is -0.0913. The highest BCUT2D eigenvalue weighted by atomic mass is 79.9.